The Bertz CT molecular complexity index is 641. The Morgan fingerprint density at radius 1 is 0.958 bits per heavy atom. The number of amides is 3. The van der Waals surface area contributed by atoms with E-state index in [9.17, 15) is 18.8 Å². The van der Waals surface area contributed by atoms with Gasteiger partial charge in [-0.1, -0.05) is 0 Å². The Balaban J connectivity index is 1.56. The Kier molecular flexibility index (Phi) is 4.78. The molecule has 0 atom stereocenters. The normalized spacial score (nSPS) is 18.2. The van der Waals surface area contributed by atoms with Crippen molar-refractivity contribution < 1.29 is 18.8 Å². The highest BCUT2D eigenvalue weighted by Crippen LogP contribution is 2.12. The van der Waals surface area contributed by atoms with Crippen LogP contribution in [0.2, 0.25) is 0 Å². The van der Waals surface area contributed by atoms with Crippen LogP contribution in [0.3, 0.4) is 0 Å². The highest BCUT2D eigenvalue weighted by Gasteiger charge is 2.30. The van der Waals surface area contributed by atoms with E-state index in [-0.39, 0.29) is 30.8 Å². The highest BCUT2D eigenvalue weighted by atomic mass is 19.1. The minimum Gasteiger partial charge on any atom is -0.341 e. The molecule has 1 aromatic carbocycles. The molecule has 0 aromatic heterocycles. The van der Waals surface area contributed by atoms with E-state index in [0.717, 1.165) is 25.9 Å². The number of likely N-dealkylation sites (tertiary alicyclic amines) is 1. The van der Waals surface area contributed by atoms with Crippen molar-refractivity contribution in [3.05, 3.63) is 35.6 Å². The van der Waals surface area contributed by atoms with Gasteiger partial charge in [0.1, 0.15) is 12.4 Å². The van der Waals surface area contributed by atoms with Gasteiger partial charge in [0.25, 0.3) is 5.91 Å². The monoisotopic (exact) mass is 333 g/mol. The van der Waals surface area contributed by atoms with Crippen LogP contribution in [0.4, 0.5) is 4.39 Å². The minimum absolute atomic E-state index is 0.0286. The number of rotatable bonds is 3. The van der Waals surface area contributed by atoms with Gasteiger partial charge in [-0.3, -0.25) is 14.4 Å². The van der Waals surface area contributed by atoms with Crippen LogP contribution in [-0.2, 0) is 9.59 Å². The van der Waals surface area contributed by atoms with E-state index in [1.165, 1.54) is 34.1 Å². The number of hydrogen-bond acceptors (Lipinski definition) is 3. The van der Waals surface area contributed by atoms with Gasteiger partial charge in [-0.05, 0) is 37.1 Å². The minimum atomic E-state index is -0.409. The van der Waals surface area contributed by atoms with Crippen LogP contribution < -0.4 is 0 Å². The van der Waals surface area contributed by atoms with Gasteiger partial charge in [0.15, 0.2) is 0 Å². The average molecular weight is 333 g/mol. The van der Waals surface area contributed by atoms with Crippen molar-refractivity contribution in [3.8, 4) is 0 Å². The zero-order valence-corrected chi connectivity index (χ0v) is 13.4. The lowest BCUT2D eigenvalue weighted by molar-refractivity contribution is -0.142. The lowest BCUT2D eigenvalue weighted by Gasteiger charge is -2.34. The molecule has 2 saturated heterocycles. The van der Waals surface area contributed by atoms with Gasteiger partial charge >= 0.3 is 0 Å². The lowest BCUT2D eigenvalue weighted by Crippen LogP contribution is -2.54. The summed E-state index contributed by atoms with van der Waals surface area (Å²) >= 11 is 0. The number of hydrogen-bond donors (Lipinski definition) is 0. The lowest BCUT2D eigenvalue weighted by atomic mass is 10.1. The summed E-state index contributed by atoms with van der Waals surface area (Å²) in [5.74, 6) is -0.967. The molecule has 128 valence electrons. The fourth-order valence-corrected chi connectivity index (χ4v) is 3.05. The zero-order chi connectivity index (χ0) is 17.1. The second-order valence-corrected chi connectivity index (χ2v) is 6.14. The molecule has 0 N–H and O–H groups in total. The second-order valence-electron chi connectivity index (χ2n) is 6.14. The van der Waals surface area contributed by atoms with Gasteiger partial charge in [0, 0.05) is 31.7 Å². The Morgan fingerprint density at radius 3 is 2.25 bits per heavy atom. The summed E-state index contributed by atoms with van der Waals surface area (Å²) in [6.07, 6.45) is 2.03. The molecule has 1 aromatic rings. The van der Waals surface area contributed by atoms with Crippen molar-refractivity contribution in [2.45, 2.75) is 12.8 Å². The molecular weight excluding hydrogens is 313 g/mol. The van der Waals surface area contributed by atoms with Crippen molar-refractivity contribution in [1.29, 1.82) is 0 Å². The van der Waals surface area contributed by atoms with Crippen LogP contribution in [0.15, 0.2) is 24.3 Å². The quantitative estimate of drug-likeness (QED) is 0.819. The molecule has 0 unspecified atom stereocenters. The third-order valence-corrected chi connectivity index (χ3v) is 4.48. The van der Waals surface area contributed by atoms with E-state index in [0.29, 0.717) is 18.7 Å². The number of piperazine rings is 1. The molecule has 24 heavy (non-hydrogen) atoms. The van der Waals surface area contributed by atoms with Crippen LogP contribution in [0.25, 0.3) is 0 Å². The van der Waals surface area contributed by atoms with Crippen LogP contribution in [0, 0.1) is 5.82 Å². The summed E-state index contributed by atoms with van der Waals surface area (Å²) in [7, 11) is 0. The molecule has 0 radical (unpaired) electrons. The first-order chi connectivity index (χ1) is 11.5. The maximum atomic E-state index is 12.9. The van der Waals surface area contributed by atoms with Gasteiger partial charge in [0.05, 0.1) is 6.54 Å². The first kappa shape index (κ1) is 16.4. The van der Waals surface area contributed by atoms with Crippen LogP contribution in [0.5, 0.6) is 0 Å². The second kappa shape index (κ2) is 6.98. The van der Waals surface area contributed by atoms with Crippen LogP contribution >= 0.6 is 0 Å². The van der Waals surface area contributed by atoms with E-state index in [4.69, 9.17) is 0 Å². The number of halogens is 1. The van der Waals surface area contributed by atoms with E-state index >= 15 is 0 Å². The number of carbonyl (C=O) groups excluding carboxylic acids is 3. The van der Waals surface area contributed by atoms with Gasteiger partial charge in [-0.15, -0.1) is 0 Å². The van der Waals surface area contributed by atoms with Crippen molar-refractivity contribution in [2.75, 3.05) is 39.3 Å². The molecule has 2 fully saturated rings. The van der Waals surface area contributed by atoms with E-state index < -0.39 is 5.82 Å². The molecule has 2 aliphatic rings. The van der Waals surface area contributed by atoms with E-state index in [2.05, 4.69) is 0 Å². The predicted molar refractivity (Wildman–Crippen MR) is 84.7 cm³/mol. The summed E-state index contributed by atoms with van der Waals surface area (Å²) in [4.78, 5) is 41.5. The maximum Gasteiger partial charge on any atom is 0.254 e. The molecule has 0 saturated carbocycles. The standard InChI is InChI=1S/C17H20FN3O3/c18-14-5-3-13(4-6-14)17(24)21-10-9-20(16(23)12-21)11-15(22)19-7-1-2-8-19/h3-6H,1-2,7-12H2. The highest BCUT2D eigenvalue weighted by molar-refractivity contribution is 5.97. The van der Waals surface area contributed by atoms with Gasteiger partial charge in [-0.2, -0.15) is 0 Å². The first-order valence-electron chi connectivity index (χ1n) is 8.15. The van der Waals surface area contributed by atoms with E-state index in [1.807, 2.05) is 0 Å². The smallest absolute Gasteiger partial charge is 0.254 e. The van der Waals surface area contributed by atoms with Gasteiger partial charge in [-0.25, -0.2) is 4.39 Å². The Hall–Kier alpha value is -2.44. The number of benzene rings is 1. The average Bonchev–Trinajstić information content (AvgIpc) is 3.11. The summed E-state index contributed by atoms with van der Waals surface area (Å²) in [6, 6.07) is 5.26. The van der Waals surface area contributed by atoms with Gasteiger partial charge in [0.2, 0.25) is 11.8 Å². The molecule has 2 aliphatic heterocycles. The molecule has 7 heteroatoms. The molecule has 2 heterocycles. The van der Waals surface area contributed by atoms with Crippen molar-refractivity contribution in [1.82, 2.24) is 14.7 Å². The summed E-state index contributed by atoms with van der Waals surface area (Å²) in [6.45, 7) is 2.26. The maximum absolute atomic E-state index is 12.9. The topological polar surface area (TPSA) is 60.9 Å². The molecule has 0 spiro atoms. The summed E-state index contributed by atoms with van der Waals surface area (Å²) < 4.78 is 12.9. The molecule has 3 amide bonds. The van der Waals surface area contributed by atoms with Gasteiger partial charge < -0.3 is 14.7 Å². The van der Waals surface area contributed by atoms with Crippen LogP contribution in [-0.4, -0.2) is 71.7 Å². The SMILES string of the molecule is O=C(CN1CCN(C(=O)c2ccc(F)cc2)CC1=O)N1CCCC1. The largest absolute Gasteiger partial charge is 0.341 e. The molecule has 3 rings (SSSR count). The number of carbonyl (C=O) groups is 3. The molecule has 0 bridgehead atoms. The number of nitrogens with zero attached hydrogens (tertiary/aromatic N) is 3. The first-order valence-corrected chi connectivity index (χ1v) is 8.15. The predicted octanol–water partition coefficient (Wildman–Crippen LogP) is 0.732. The van der Waals surface area contributed by atoms with Crippen molar-refractivity contribution in [2.24, 2.45) is 0 Å². The molecule has 0 aliphatic carbocycles. The summed E-state index contributed by atoms with van der Waals surface area (Å²) in [5, 5.41) is 0. The molecular formula is C17H20FN3O3. The third-order valence-electron chi connectivity index (χ3n) is 4.48. The van der Waals surface area contributed by atoms with Crippen molar-refractivity contribution >= 4 is 17.7 Å². The summed E-state index contributed by atoms with van der Waals surface area (Å²) in [5.41, 5.74) is 0.353. The fourth-order valence-electron chi connectivity index (χ4n) is 3.05. The molecule has 6 nitrogen and oxygen atoms in total. The third kappa shape index (κ3) is 3.55. The Labute approximate surface area is 139 Å². The fraction of sp³-hybridized carbons (Fsp3) is 0.471. The Morgan fingerprint density at radius 2 is 1.62 bits per heavy atom. The zero-order valence-electron chi connectivity index (χ0n) is 13.4. The van der Waals surface area contributed by atoms with E-state index in [1.54, 1.807) is 4.90 Å². The van der Waals surface area contributed by atoms with Crippen LogP contribution in [0.1, 0.15) is 23.2 Å². The van der Waals surface area contributed by atoms with Crippen molar-refractivity contribution in [3.63, 3.8) is 0 Å².